The lowest BCUT2D eigenvalue weighted by atomic mass is 10.1. The Bertz CT molecular complexity index is 598. The standard InChI is InChI=1S/C14H14BrN3O/c1-19-10-4-2-9(3-5-10)14-17-12-6-7-16-8-11(12)13(15)18-14/h2-5,16H,6-8H2,1H3. The Hall–Kier alpha value is -1.46. The van der Waals surface area contributed by atoms with E-state index >= 15 is 0 Å². The molecule has 1 aliphatic heterocycles. The van der Waals surface area contributed by atoms with E-state index in [4.69, 9.17) is 4.74 Å². The number of hydrogen-bond donors (Lipinski definition) is 1. The van der Waals surface area contributed by atoms with E-state index in [9.17, 15) is 0 Å². The highest BCUT2D eigenvalue weighted by molar-refractivity contribution is 9.10. The Labute approximate surface area is 120 Å². The van der Waals surface area contributed by atoms with Crippen molar-refractivity contribution in [1.29, 1.82) is 0 Å². The van der Waals surface area contributed by atoms with Gasteiger partial charge < -0.3 is 10.1 Å². The third-order valence-electron chi connectivity index (χ3n) is 3.23. The maximum Gasteiger partial charge on any atom is 0.160 e. The molecular formula is C14H14BrN3O. The molecule has 2 aromatic rings. The highest BCUT2D eigenvalue weighted by Gasteiger charge is 2.16. The van der Waals surface area contributed by atoms with Crippen molar-refractivity contribution in [1.82, 2.24) is 15.3 Å². The number of nitrogens with zero attached hydrogens (tertiary/aromatic N) is 2. The first-order valence-electron chi connectivity index (χ1n) is 6.18. The minimum Gasteiger partial charge on any atom is -0.497 e. The van der Waals surface area contributed by atoms with Gasteiger partial charge in [-0.3, -0.25) is 0 Å². The summed E-state index contributed by atoms with van der Waals surface area (Å²) < 4.78 is 6.05. The van der Waals surface area contributed by atoms with Crippen molar-refractivity contribution in [3.05, 3.63) is 40.1 Å². The van der Waals surface area contributed by atoms with Crippen LogP contribution in [0.3, 0.4) is 0 Å². The first kappa shape index (κ1) is 12.6. The largest absolute Gasteiger partial charge is 0.497 e. The van der Waals surface area contributed by atoms with E-state index in [1.165, 1.54) is 5.56 Å². The summed E-state index contributed by atoms with van der Waals surface area (Å²) in [4.78, 5) is 9.21. The molecule has 98 valence electrons. The van der Waals surface area contributed by atoms with Crippen LogP contribution in [0.15, 0.2) is 28.9 Å². The molecule has 0 aliphatic carbocycles. The number of benzene rings is 1. The summed E-state index contributed by atoms with van der Waals surface area (Å²) in [5, 5.41) is 3.33. The van der Waals surface area contributed by atoms with Crippen molar-refractivity contribution in [2.24, 2.45) is 0 Å². The summed E-state index contributed by atoms with van der Waals surface area (Å²) in [5.74, 6) is 1.60. The van der Waals surface area contributed by atoms with Gasteiger partial charge in [-0.25, -0.2) is 9.97 Å². The molecule has 0 unspecified atom stereocenters. The number of nitrogens with one attached hydrogen (secondary N) is 1. The summed E-state index contributed by atoms with van der Waals surface area (Å²) in [5.41, 5.74) is 3.30. The topological polar surface area (TPSA) is 47.0 Å². The number of aromatic nitrogens is 2. The normalized spacial score (nSPS) is 14.0. The lowest BCUT2D eigenvalue weighted by molar-refractivity contribution is 0.415. The summed E-state index contributed by atoms with van der Waals surface area (Å²) >= 11 is 3.54. The van der Waals surface area contributed by atoms with E-state index in [0.29, 0.717) is 0 Å². The zero-order valence-electron chi connectivity index (χ0n) is 10.6. The molecule has 0 atom stereocenters. The number of fused-ring (bicyclic) bond motifs is 1. The SMILES string of the molecule is COc1ccc(-c2nc(Br)c3c(n2)CCNC3)cc1. The van der Waals surface area contributed by atoms with Crippen molar-refractivity contribution in [3.8, 4) is 17.1 Å². The lowest BCUT2D eigenvalue weighted by Crippen LogP contribution is -2.25. The molecule has 0 radical (unpaired) electrons. The fourth-order valence-electron chi connectivity index (χ4n) is 2.17. The molecule has 4 nitrogen and oxygen atoms in total. The first-order chi connectivity index (χ1) is 9.28. The van der Waals surface area contributed by atoms with Crippen LogP contribution in [0.2, 0.25) is 0 Å². The molecule has 0 spiro atoms. The van der Waals surface area contributed by atoms with Crippen LogP contribution in [-0.2, 0) is 13.0 Å². The van der Waals surface area contributed by atoms with Crippen LogP contribution in [0, 0.1) is 0 Å². The third-order valence-corrected chi connectivity index (χ3v) is 3.89. The Morgan fingerprint density at radius 1 is 1.21 bits per heavy atom. The smallest absolute Gasteiger partial charge is 0.160 e. The number of methoxy groups -OCH3 is 1. The van der Waals surface area contributed by atoms with E-state index < -0.39 is 0 Å². The number of ether oxygens (including phenoxy) is 1. The maximum absolute atomic E-state index is 5.16. The number of rotatable bonds is 2. The van der Waals surface area contributed by atoms with Crippen molar-refractivity contribution >= 4 is 15.9 Å². The second-order valence-corrected chi connectivity index (χ2v) is 5.17. The molecule has 19 heavy (non-hydrogen) atoms. The van der Waals surface area contributed by atoms with E-state index in [1.807, 2.05) is 24.3 Å². The van der Waals surface area contributed by atoms with E-state index in [1.54, 1.807) is 7.11 Å². The van der Waals surface area contributed by atoms with Gasteiger partial charge in [0.05, 0.1) is 12.8 Å². The summed E-state index contributed by atoms with van der Waals surface area (Å²) in [6, 6.07) is 7.81. The molecular weight excluding hydrogens is 306 g/mol. The average Bonchev–Trinajstić information content (AvgIpc) is 2.47. The van der Waals surface area contributed by atoms with Gasteiger partial charge in [0, 0.05) is 30.6 Å². The second-order valence-electron chi connectivity index (χ2n) is 4.42. The van der Waals surface area contributed by atoms with Crippen LogP contribution in [0.25, 0.3) is 11.4 Å². The molecule has 0 saturated carbocycles. The summed E-state index contributed by atoms with van der Waals surface area (Å²) in [6.45, 7) is 1.80. The van der Waals surface area contributed by atoms with Crippen LogP contribution < -0.4 is 10.1 Å². The third kappa shape index (κ3) is 2.48. The van der Waals surface area contributed by atoms with Crippen molar-refractivity contribution in [3.63, 3.8) is 0 Å². The summed E-state index contributed by atoms with van der Waals surface area (Å²) in [7, 11) is 1.66. The Balaban J connectivity index is 2.02. The van der Waals surface area contributed by atoms with Crippen molar-refractivity contribution < 1.29 is 4.74 Å². The number of hydrogen-bond acceptors (Lipinski definition) is 4. The van der Waals surface area contributed by atoms with Gasteiger partial charge in [-0.1, -0.05) is 0 Å². The molecule has 3 rings (SSSR count). The monoisotopic (exact) mass is 319 g/mol. The second kappa shape index (κ2) is 5.27. The summed E-state index contributed by atoms with van der Waals surface area (Å²) in [6.07, 6.45) is 0.944. The molecule has 0 fully saturated rings. The zero-order chi connectivity index (χ0) is 13.2. The first-order valence-corrected chi connectivity index (χ1v) is 6.97. The lowest BCUT2D eigenvalue weighted by Gasteiger charge is -2.18. The Morgan fingerprint density at radius 3 is 2.74 bits per heavy atom. The van der Waals surface area contributed by atoms with E-state index in [-0.39, 0.29) is 0 Å². The Kier molecular flexibility index (Phi) is 3.48. The van der Waals surface area contributed by atoms with E-state index in [2.05, 4.69) is 31.2 Å². The fourth-order valence-corrected chi connectivity index (χ4v) is 2.71. The highest BCUT2D eigenvalue weighted by Crippen LogP contribution is 2.25. The molecule has 0 saturated heterocycles. The maximum atomic E-state index is 5.16. The van der Waals surface area contributed by atoms with Crippen LogP contribution in [-0.4, -0.2) is 23.6 Å². The zero-order valence-corrected chi connectivity index (χ0v) is 12.2. The average molecular weight is 320 g/mol. The predicted molar refractivity (Wildman–Crippen MR) is 77.1 cm³/mol. The molecule has 5 heteroatoms. The predicted octanol–water partition coefficient (Wildman–Crippen LogP) is 2.56. The van der Waals surface area contributed by atoms with Gasteiger partial charge in [-0.15, -0.1) is 0 Å². The van der Waals surface area contributed by atoms with Crippen molar-refractivity contribution in [2.45, 2.75) is 13.0 Å². The molecule has 1 aromatic carbocycles. The van der Waals surface area contributed by atoms with Gasteiger partial charge in [0.1, 0.15) is 10.4 Å². The quantitative estimate of drug-likeness (QED) is 0.864. The van der Waals surface area contributed by atoms with Gasteiger partial charge in [0.25, 0.3) is 0 Å². The molecule has 1 aliphatic rings. The van der Waals surface area contributed by atoms with Crippen LogP contribution >= 0.6 is 15.9 Å². The molecule has 0 amide bonds. The molecule has 0 bridgehead atoms. The molecule has 1 N–H and O–H groups in total. The van der Waals surface area contributed by atoms with E-state index in [0.717, 1.165) is 46.9 Å². The molecule has 1 aromatic heterocycles. The van der Waals surface area contributed by atoms with Gasteiger partial charge in [0.15, 0.2) is 5.82 Å². The van der Waals surface area contributed by atoms with Crippen LogP contribution in [0.5, 0.6) is 5.75 Å². The number of halogens is 1. The van der Waals surface area contributed by atoms with Crippen LogP contribution in [0.1, 0.15) is 11.3 Å². The highest BCUT2D eigenvalue weighted by atomic mass is 79.9. The van der Waals surface area contributed by atoms with Crippen molar-refractivity contribution in [2.75, 3.05) is 13.7 Å². The van der Waals surface area contributed by atoms with Gasteiger partial charge >= 0.3 is 0 Å². The van der Waals surface area contributed by atoms with Gasteiger partial charge in [-0.2, -0.15) is 0 Å². The fraction of sp³-hybridized carbons (Fsp3) is 0.286. The minimum atomic E-state index is 0.759. The van der Waals surface area contributed by atoms with Gasteiger partial charge in [0.2, 0.25) is 0 Å². The molecule has 2 heterocycles. The Morgan fingerprint density at radius 2 is 2.00 bits per heavy atom. The van der Waals surface area contributed by atoms with Crippen LogP contribution in [0.4, 0.5) is 0 Å². The minimum absolute atomic E-state index is 0.759. The van der Waals surface area contributed by atoms with Gasteiger partial charge in [-0.05, 0) is 40.2 Å².